The van der Waals surface area contributed by atoms with Crippen LogP contribution in [0, 0.1) is 6.92 Å². The number of aryl methyl sites for hydroxylation is 1. The summed E-state index contributed by atoms with van der Waals surface area (Å²) in [6.07, 6.45) is 0. The zero-order valence-electron chi connectivity index (χ0n) is 17.7. The molecule has 0 saturated carbocycles. The number of benzene rings is 4. The van der Waals surface area contributed by atoms with Crippen LogP contribution in [-0.4, -0.2) is 19.8 Å². The average molecular weight is 475 g/mol. The van der Waals surface area contributed by atoms with E-state index >= 15 is 0 Å². The van der Waals surface area contributed by atoms with E-state index in [0.717, 1.165) is 38.9 Å². The molecule has 5 nitrogen and oxygen atoms in total. The maximum absolute atomic E-state index is 9.59. The topological polar surface area (TPSA) is 78.4 Å². The van der Waals surface area contributed by atoms with Gasteiger partial charge in [-0.15, -0.1) is 0 Å². The van der Waals surface area contributed by atoms with Crippen LogP contribution in [0.1, 0.15) is 5.56 Å². The second-order valence-corrected chi connectivity index (χ2v) is 9.14. The minimum absolute atomic E-state index is 0.299. The molecular weight excluding hydrogens is 455 g/mol. The highest BCUT2D eigenvalue weighted by atomic mass is 35.5. The Kier molecular flexibility index (Phi) is 5.88. The fourth-order valence-corrected chi connectivity index (χ4v) is 4.63. The van der Waals surface area contributed by atoms with E-state index in [4.69, 9.17) is 16.3 Å². The van der Waals surface area contributed by atoms with Crippen LogP contribution in [0.2, 0.25) is 5.02 Å². The molecule has 5 rings (SSSR count). The van der Waals surface area contributed by atoms with Gasteiger partial charge < -0.3 is 19.5 Å². The summed E-state index contributed by atoms with van der Waals surface area (Å²) in [5, 5.41) is 1.05. The summed E-state index contributed by atoms with van der Waals surface area (Å²) >= 11 is 6.60. The summed E-state index contributed by atoms with van der Waals surface area (Å²) in [6, 6.07) is 27.7. The van der Waals surface area contributed by atoms with Gasteiger partial charge in [0.15, 0.2) is 8.38 Å². The van der Waals surface area contributed by atoms with Crippen molar-refractivity contribution < 1.29 is 14.5 Å². The molecule has 1 heterocycles. The Balaban J connectivity index is 1.44. The lowest BCUT2D eigenvalue weighted by Gasteiger charge is -2.09. The molecule has 0 fully saturated rings. The molecule has 0 amide bonds. The number of aromatic nitrogens is 2. The van der Waals surface area contributed by atoms with Gasteiger partial charge in [0.05, 0.1) is 16.1 Å². The number of rotatable bonds is 5. The van der Waals surface area contributed by atoms with Gasteiger partial charge in [0.1, 0.15) is 5.75 Å². The second kappa shape index (κ2) is 8.97. The molecule has 0 atom stereocenters. The number of imidazole rings is 1. The Labute approximate surface area is 197 Å². The van der Waals surface area contributed by atoms with E-state index in [-0.39, 0.29) is 0 Å². The number of nitrogens with one attached hydrogen (secondary N) is 1. The molecule has 0 aliphatic rings. The van der Waals surface area contributed by atoms with Crippen molar-refractivity contribution in [2.24, 2.45) is 0 Å². The lowest BCUT2D eigenvalue weighted by Crippen LogP contribution is -2.05. The Morgan fingerprint density at radius 3 is 2.27 bits per heavy atom. The predicted molar refractivity (Wildman–Crippen MR) is 134 cm³/mol. The Morgan fingerprint density at radius 2 is 1.55 bits per heavy atom. The van der Waals surface area contributed by atoms with E-state index in [1.807, 2.05) is 37.3 Å². The maximum Gasteiger partial charge on any atom is 0.300 e. The molecule has 5 aromatic rings. The van der Waals surface area contributed by atoms with Gasteiger partial charge in [-0.1, -0.05) is 72.3 Å². The van der Waals surface area contributed by atoms with Gasteiger partial charge in [0.2, 0.25) is 0 Å². The van der Waals surface area contributed by atoms with Crippen molar-refractivity contribution in [2.75, 3.05) is 0 Å². The molecule has 0 aliphatic heterocycles. The van der Waals surface area contributed by atoms with Crippen LogP contribution < -0.4 is 10.0 Å². The molecule has 7 heteroatoms. The number of hydrogen-bond acceptors (Lipinski definition) is 4. The third-order valence-corrected chi connectivity index (χ3v) is 6.69. The van der Waals surface area contributed by atoms with E-state index in [1.54, 1.807) is 18.2 Å². The number of H-pyrrole nitrogens is 1. The van der Waals surface area contributed by atoms with Crippen molar-refractivity contribution in [3.05, 3.63) is 95.5 Å². The second-order valence-electron chi connectivity index (χ2n) is 7.67. The van der Waals surface area contributed by atoms with Crippen LogP contribution in [-0.2, 0) is 0 Å². The van der Waals surface area contributed by atoms with Gasteiger partial charge in [0.25, 0.3) is 6.01 Å². The van der Waals surface area contributed by atoms with Crippen LogP contribution in [0.25, 0.3) is 33.3 Å². The van der Waals surface area contributed by atoms with Gasteiger partial charge in [0, 0.05) is 10.9 Å². The molecule has 0 aliphatic carbocycles. The molecule has 0 unspecified atom stereocenters. The van der Waals surface area contributed by atoms with Gasteiger partial charge in [-0.3, -0.25) is 0 Å². The number of halogens is 1. The van der Waals surface area contributed by atoms with Crippen LogP contribution in [0.4, 0.5) is 0 Å². The molecular formula is C26H20ClN2O3P. The Hall–Kier alpha value is -3.21. The van der Waals surface area contributed by atoms with Gasteiger partial charge >= 0.3 is 0 Å². The SMILES string of the molecule is Cc1ccc(Oc2nc3cc(-c4ccc(-c5ccccc5)cc4)c(Cl)cc3[nH]2)cc1P(O)O. The molecule has 0 saturated heterocycles. The van der Waals surface area contributed by atoms with E-state index in [1.165, 1.54) is 0 Å². The van der Waals surface area contributed by atoms with Crippen LogP contribution in [0.5, 0.6) is 11.8 Å². The first kappa shape index (κ1) is 21.6. The number of nitrogens with zero attached hydrogens (tertiary/aromatic N) is 1. The average Bonchev–Trinajstić information content (AvgIpc) is 3.21. The normalized spacial score (nSPS) is 11.3. The fraction of sp³-hybridized carbons (Fsp3) is 0.0385. The first-order valence-corrected chi connectivity index (χ1v) is 11.9. The molecule has 1 aromatic heterocycles. The van der Waals surface area contributed by atoms with Crippen LogP contribution in [0.15, 0.2) is 84.9 Å². The monoisotopic (exact) mass is 474 g/mol. The van der Waals surface area contributed by atoms with Crippen molar-refractivity contribution in [2.45, 2.75) is 6.92 Å². The highest BCUT2D eigenvalue weighted by Crippen LogP contribution is 2.34. The van der Waals surface area contributed by atoms with E-state index in [0.29, 0.717) is 22.1 Å². The fourth-order valence-electron chi connectivity index (χ4n) is 3.73. The quantitative estimate of drug-likeness (QED) is 0.252. The van der Waals surface area contributed by atoms with Crippen molar-refractivity contribution in [1.82, 2.24) is 9.97 Å². The van der Waals surface area contributed by atoms with Crippen molar-refractivity contribution in [3.8, 4) is 34.0 Å². The first-order valence-electron chi connectivity index (χ1n) is 10.3. The lowest BCUT2D eigenvalue weighted by atomic mass is 10.00. The summed E-state index contributed by atoms with van der Waals surface area (Å²) in [7, 11) is -2.21. The molecule has 4 aromatic carbocycles. The number of hydrogen-bond donors (Lipinski definition) is 3. The molecule has 3 N–H and O–H groups in total. The van der Waals surface area contributed by atoms with Crippen molar-refractivity contribution in [3.63, 3.8) is 0 Å². The molecule has 0 radical (unpaired) electrons. The summed E-state index contributed by atoms with van der Waals surface area (Å²) in [6.45, 7) is 1.82. The highest BCUT2D eigenvalue weighted by molar-refractivity contribution is 7.54. The number of fused-ring (bicyclic) bond motifs is 1. The Morgan fingerprint density at radius 1 is 0.848 bits per heavy atom. The largest absolute Gasteiger partial charge is 0.426 e. The zero-order valence-corrected chi connectivity index (χ0v) is 19.3. The number of aromatic amines is 1. The third kappa shape index (κ3) is 4.50. The van der Waals surface area contributed by atoms with Gasteiger partial charge in [-0.2, -0.15) is 4.98 Å². The van der Waals surface area contributed by atoms with Gasteiger partial charge in [-0.05, 0) is 53.4 Å². The van der Waals surface area contributed by atoms with E-state index < -0.39 is 8.38 Å². The van der Waals surface area contributed by atoms with Crippen molar-refractivity contribution in [1.29, 1.82) is 0 Å². The molecule has 33 heavy (non-hydrogen) atoms. The standard InChI is InChI=1S/C26H20ClN2O3P/c1-16-7-12-20(13-25(16)33(30)31)32-26-28-23-14-21(22(27)15-24(23)29-26)19-10-8-18(9-11-19)17-5-3-2-4-6-17/h2-15,30-31H,1H3,(H,28,29). The highest BCUT2D eigenvalue weighted by Gasteiger charge is 2.13. The molecule has 0 spiro atoms. The van der Waals surface area contributed by atoms with Crippen molar-refractivity contribution >= 4 is 36.3 Å². The summed E-state index contributed by atoms with van der Waals surface area (Å²) < 4.78 is 5.84. The number of ether oxygens (including phenoxy) is 1. The zero-order chi connectivity index (χ0) is 22.9. The summed E-state index contributed by atoms with van der Waals surface area (Å²) in [5.41, 5.74) is 6.43. The van der Waals surface area contributed by atoms with Crippen LogP contribution >= 0.6 is 20.0 Å². The molecule has 164 valence electrons. The first-order chi connectivity index (χ1) is 16.0. The predicted octanol–water partition coefficient (Wildman–Crippen LogP) is 6.57. The summed E-state index contributed by atoms with van der Waals surface area (Å²) in [4.78, 5) is 26.8. The summed E-state index contributed by atoms with van der Waals surface area (Å²) in [5.74, 6) is 0.466. The minimum atomic E-state index is -2.21. The Bertz CT molecular complexity index is 1430. The minimum Gasteiger partial charge on any atom is -0.426 e. The maximum atomic E-state index is 9.59. The van der Waals surface area contributed by atoms with E-state index in [2.05, 4.69) is 46.4 Å². The smallest absolute Gasteiger partial charge is 0.300 e. The molecule has 0 bridgehead atoms. The lowest BCUT2D eigenvalue weighted by molar-refractivity contribution is 0.449. The van der Waals surface area contributed by atoms with E-state index in [9.17, 15) is 9.79 Å². The van der Waals surface area contributed by atoms with Gasteiger partial charge in [-0.25, -0.2) is 0 Å². The van der Waals surface area contributed by atoms with Crippen LogP contribution in [0.3, 0.4) is 0 Å². The third-order valence-electron chi connectivity index (χ3n) is 5.46.